The summed E-state index contributed by atoms with van der Waals surface area (Å²) in [6.07, 6.45) is 0. The lowest BCUT2D eigenvalue weighted by Gasteiger charge is -2.31. The van der Waals surface area contributed by atoms with Gasteiger partial charge in [0.1, 0.15) is 5.69 Å². The zero-order chi connectivity index (χ0) is 15.2. The normalized spacial score (nSPS) is 14.2. The van der Waals surface area contributed by atoms with Crippen molar-refractivity contribution in [3.8, 4) is 11.1 Å². The number of fused-ring (bicyclic) bond motifs is 6. The number of hydrogen-bond acceptors (Lipinski definition) is 3. The van der Waals surface area contributed by atoms with E-state index in [1.54, 1.807) is 0 Å². The van der Waals surface area contributed by atoms with E-state index in [0.29, 0.717) is 0 Å². The summed E-state index contributed by atoms with van der Waals surface area (Å²) in [5.74, 6) is 0.970. The molecule has 2 N–H and O–H groups in total. The molecular formula is C19H15ClN4. The second kappa shape index (κ2) is 5.67. The average Bonchev–Trinajstić information content (AvgIpc) is 3.09. The maximum absolute atomic E-state index is 4.84. The van der Waals surface area contributed by atoms with E-state index in [0.717, 1.165) is 22.8 Å². The second-order valence-corrected chi connectivity index (χ2v) is 5.65. The van der Waals surface area contributed by atoms with E-state index in [9.17, 15) is 0 Å². The van der Waals surface area contributed by atoms with Crippen molar-refractivity contribution in [1.29, 1.82) is 0 Å². The summed E-state index contributed by atoms with van der Waals surface area (Å²) in [5.41, 5.74) is 7.93. The molecule has 0 aromatic heterocycles. The van der Waals surface area contributed by atoms with E-state index in [-0.39, 0.29) is 12.4 Å². The molecular weight excluding hydrogens is 320 g/mol. The Kier molecular flexibility index (Phi) is 3.49. The van der Waals surface area contributed by atoms with E-state index in [1.807, 2.05) is 23.3 Å². The van der Waals surface area contributed by atoms with E-state index < -0.39 is 0 Å². The lowest BCUT2D eigenvalue weighted by molar-refractivity contribution is -0.545. The first-order valence-corrected chi connectivity index (χ1v) is 7.68. The van der Waals surface area contributed by atoms with Crippen LogP contribution in [0.15, 0.2) is 84.0 Å². The summed E-state index contributed by atoms with van der Waals surface area (Å²) < 4.78 is 0. The lowest BCUT2D eigenvalue weighted by Crippen LogP contribution is -3.00. The van der Waals surface area contributed by atoms with Gasteiger partial charge < -0.3 is 12.4 Å². The molecule has 4 nitrogen and oxygen atoms in total. The molecule has 0 spiro atoms. The van der Waals surface area contributed by atoms with Crippen LogP contribution in [0.25, 0.3) is 11.1 Å². The first kappa shape index (κ1) is 14.8. The van der Waals surface area contributed by atoms with Gasteiger partial charge in [0.2, 0.25) is 0 Å². The van der Waals surface area contributed by atoms with Crippen LogP contribution in [0.2, 0.25) is 0 Å². The molecule has 24 heavy (non-hydrogen) atoms. The van der Waals surface area contributed by atoms with Gasteiger partial charge in [0, 0.05) is 11.1 Å². The number of anilines is 2. The van der Waals surface area contributed by atoms with Gasteiger partial charge in [-0.05, 0) is 24.3 Å². The molecule has 0 amide bonds. The van der Waals surface area contributed by atoms with Gasteiger partial charge in [-0.1, -0.05) is 59.7 Å². The maximum Gasteiger partial charge on any atom is 0.277 e. The highest BCUT2D eigenvalue weighted by atomic mass is 35.5. The summed E-state index contributed by atoms with van der Waals surface area (Å²) >= 11 is 0. The molecule has 0 unspecified atom stereocenters. The first-order chi connectivity index (χ1) is 11.4. The van der Waals surface area contributed by atoms with Crippen LogP contribution in [0.3, 0.4) is 0 Å². The Balaban J connectivity index is 0.00000146. The van der Waals surface area contributed by atoms with Crippen LogP contribution in [-0.4, -0.2) is 5.84 Å². The summed E-state index contributed by atoms with van der Waals surface area (Å²) in [7, 11) is 0. The highest BCUT2D eigenvalue weighted by Gasteiger charge is 2.37. The highest BCUT2D eigenvalue weighted by Crippen LogP contribution is 2.42. The summed E-state index contributed by atoms with van der Waals surface area (Å²) in [6.45, 7) is 0. The zero-order valence-corrected chi connectivity index (χ0v) is 13.6. The Morgan fingerprint density at radius 3 is 2.00 bits per heavy atom. The summed E-state index contributed by atoms with van der Waals surface area (Å²) in [5, 5.41) is 8.95. The fourth-order valence-corrected chi connectivity index (χ4v) is 3.21. The van der Waals surface area contributed by atoms with Crippen molar-refractivity contribution in [1.82, 2.24) is 0 Å². The van der Waals surface area contributed by atoms with Crippen molar-refractivity contribution >= 4 is 17.2 Å². The minimum atomic E-state index is 0. The van der Waals surface area contributed by atoms with Crippen LogP contribution in [0.5, 0.6) is 0 Å². The van der Waals surface area contributed by atoms with Crippen molar-refractivity contribution < 1.29 is 17.8 Å². The molecule has 2 aliphatic rings. The predicted molar refractivity (Wildman–Crippen MR) is 91.7 cm³/mol. The number of halogens is 1. The van der Waals surface area contributed by atoms with Gasteiger partial charge in [-0.3, -0.25) is 0 Å². The highest BCUT2D eigenvalue weighted by molar-refractivity contribution is 5.98. The van der Waals surface area contributed by atoms with E-state index in [4.69, 9.17) is 5.10 Å². The number of amidine groups is 1. The Labute approximate surface area is 146 Å². The van der Waals surface area contributed by atoms with Crippen molar-refractivity contribution in [3.05, 3.63) is 84.4 Å². The number of hydrogen-bond donors (Lipinski definition) is 1. The Bertz CT molecular complexity index is 923. The minimum absolute atomic E-state index is 0. The third kappa shape index (κ3) is 2.08. The van der Waals surface area contributed by atoms with E-state index in [1.165, 1.54) is 11.1 Å². The van der Waals surface area contributed by atoms with Gasteiger partial charge in [0.25, 0.3) is 5.84 Å². The molecule has 2 heterocycles. The fourth-order valence-electron chi connectivity index (χ4n) is 3.21. The van der Waals surface area contributed by atoms with Crippen molar-refractivity contribution in [3.63, 3.8) is 0 Å². The van der Waals surface area contributed by atoms with Gasteiger partial charge in [-0.2, -0.15) is 5.43 Å². The number of hydrazine groups is 1. The smallest absolute Gasteiger partial charge is 0.277 e. The topological polar surface area (TPSA) is 35.5 Å². The molecule has 0 atom stereocenters. The van der Waals surface area contributed by atoms with Gasteiger partial charge >= 0.3 is 0 Å². The van der Waals surface area contributed by atoms with Gasteiger partial charge in [-0.25, -0.2) is 0 Å². The molecule has 0 aliphatic carbocycles. The van der Waals surface area contributed by atoms with Crippen LogP contribution in [0.4, 0.5) is 11.4 Å². The SMILES string of the molecule is [Cl-].c1ccc(C2=NN3c4ccccc4-c4ccccc4N3[NH2+]2)cc1. The first-order valence-electron chi connectivity index (χ1n) is 7.68. The van der Waals surface area contributed by atoms with Crippen molar-refractivity contribution in [2.45, 2.75) is 0 Å². The van der Waals surface area contributed by atoms with Crippen LogP contribution >= 0.6 is 0 Å². The standard InChI is InChI=1S/C19H14N4.ClH/c1-2-8-14(9-3-1)19-20-22-17-12-6-4-10-15(17)16-11-5-7-13-18(16)23(22)21-19;/h1-13H,(H,20,21);1H. The predicted octanol–water partition coefficient (Wildman–Crippen LogP) is -0.247. The molecule has 118 valence electrons. The van der Waals surface area contributed by atoms with Gasteiger partial charge in [-0.15, -0.1) is 10.2 Å². The maximum atomic E-state index is 4.84. The van der Waals surface area contributed by atoms with Crippen LogP contribution in [0, 0.1) is 0 Å². The largest absolute Gasteiger partial charge is 1.00 e. The van der Waals surface area contributed by atoms with Crippen molar-refractivity contribution in [2.75, 3.05) is 10.2 Å². The molecule has 0 fully saturated rings. The average molecular weight is 335 g/mol. The molecule has 3 aromatic carbocycles. The molecule has 5 rings (SSSR count). The third-order valence-corrected chi connectivity index (χ3v) is 4.28. The molecule has 3 aromatic rings. The molecule has 0 saturated heterocycles. The molecule has 2 aliphatic heterocycles. The molecule has 0 saturated carbocycles. The third-order valence-electron chi connectivity index (χ3n) is 4.28. The molecule has 5 heteroatoms. The summed E-state index contributed by atoms with van der Waals surface area (Å²) in [6, 6.07) is 27.1. The number of hydrazone groups is 1. The number of nitrogens with zero attached hydrogens (tertiary/aromatic N) is 3. The molecule has 0 radical (unpaired) electrons. The quantitative estimate of drug-likeness (QED) is 0.623. The Morgan fingerprint density at radius 2 is 1.25 bits per heavy atom. The lowest BCUT2D eigenvalue weighted by atomic mass is 10.00. The number of benzene rings is 3. The van der Waals surface area contributed by atoms with Crippen LogP contribution < -0.4 is 28.1 Å². The number of quaternary nitrogens is 1. The Hall–Kier alpha value is -2.82. The molecule has 0 bridgehead atoms. The van der Waals surface area contributed by atoms with Crippen LogP contribution in [-0.2, 0) is 0 Å². The minimum Gasteiger partial charge on any atom is -1.00 e. The van der Waals surface area contributed by atoms with Gasteiger partial charge in [0.05, 0.1) is 11.3 Å². The van der Waals surface area contributed by atoms with Crippen molar-refractivity contribution in [2.24, 2.45) is 5.10 Å². The van der Waals surface area contributed by atoms with E-state index >= 15 is 0 Å². The van der Waals surface area contributed by atoms with E-state index in [2.05, 4.69) is 71.2 Å². The second-order valence-electron chi connectivity index (χ2n) is 5.65. The number of para-hydroxylation sites is 2. The fraction of sp³-hybridized carbons (Fsp3) is 0. The number of rotatable bonds is 1. The summed E-state index contributed by atoms with van der Waals surface area (Å²) in [4.78, 5) is 0. The monoisotopic (exact) mass is 334 g/mol. The van der Waals surface area contributed by atoms with Crippen LogP contribution in [0.1, 0.15) is 5.56 Å². The zero-order valence-electron chi connectivity index (χ0n) is 12.8. The Morgan fingerprint density at radius 1 is 0.667 bits per heavy atom. The number of nitrogens with two attached hydrogens (primary N) is 1. The van der Waals surface area contributed by atoms with Gasteiger partial charge in [0.15, 0.2) is 0 Å².